The second-order valence-electron chi connectivity index (χ2n) is 4.31. The first-order chi connectivity index (χ1) is 9.69. The van der Waals surface area contributed by atoms with Gasteiger partial charge in [0.25, 0.3) is 0 Å². The first kappa shape index (κ1) is 14.8. The minimum atomic E-state index is -0.0748. The van der Waals surface area contributed by atoms with Crippen LogP contribution in [0.4, 0.5) is 0 Å². The maximum atomic E-state index is 8.94. The van der Waals surface area contributed by atoms with Crippen LogP contribution in [0.5, 0.6) is 5.75 Å². The molecule has 5 nitrogen and oxygen atoms in total. The molecule has 0 atom stereocenters. The lowest BCUT2D eigenvalue weighted by atomic mass is 10.3. The Bertz CT molecular complexity index is 567. The van der Waals surface area contributed by atoms with Gasteiger partial charge in [-0.15, -0.1) is 0 Å². The van der Waals surface area contributed by atoms with Crippen LogP contribution in [-0.2, 0) is 26.2 Å². The van der Waals surface area contributed by atoms with Crippen LogP contribution in [0.25, 0.3) is 0 Å². The van der Waals surface area contributed by atoms with E-state index in [2.05, 4.69) is 10.1 Å². The van der Waals surface area contributed by atoms with Gasteiger partial charge >= 0.3 is 0 Å². The average molecular weight is 296 g/mol. The van der Waals surface area contributed by atoms with Crippen LogP contribution in [0.1, 0.15) is 30.9 Å². The maximum absolute atomic E-state index is 8.94. The van der Waals surface area contributed by atoms with E-state index in [1.54, 1.807) is 18.3 Å². The van der Waals surface area contributed by atoms with E-state index in [0.29, 0.717) is 23.1 Å². The molecular formula is C14H18ClN3O2. The second-order valence-corrected chi connectivity index (χ2v) is 4.69. The molecule has 0 saturated heterocycles. The predicted octanol–water partition coefficient (Wildman–Crippen LogP) is 2.59. The summed E-state index contributed by atoms with van der Waals surface area (Å²) in [4.78, 5) is 4.07. The zero-order chi connectivity index (χ0) is 14.5. The van der Waals surface area contributed by atoms with Crippen molar-refractivity contribution in [2.24, 2.45) is 0 Å². The number of ether oxygens (including phenoxy) is 1. The number of rotatable bonds is 6. The molecule has 0 aliphatic heterocycles. The molecule has 0 fully saturated rings. The van der Waals surface area contributed by atoms with Crippen molar-refractivity contribution in [3.63, 3.8) is 0 Å². The average Bonchev–Trinajstić information content (AvgIpc) is 2.81. The number of halogens is 1. The molecule has 0 spiro atoms. The lowest BCUT2D eigenvalue weighted by Crippen LogP contribution is -2.06. The Balaban J connectivity index is 2.11. The van der Waals surface area contributed by atoms with Crippen molar-refractivity contribution in [2.75, 3.05) is 0 Å². The standard InChI is InChI=1S/C14H18ClN3O2/c1-3-12-14(15)13(18(4-2)17-12)9-20-11-6-5-10(8-19)16-7-11/h5-7,19H,3-4,8-9H2,1-2H3. The molecule has 0 aliphatic rings. The molecule has 0 radical (unpaired) electrons. The van der Waals surface area contributed by atoms with Crippen molar-refractivity contribution in [3.8, 4) is 5.75 Å². The molecule has 0 amide bonds. The fraction of sp³-hybridized carbons (Fsp3) is 0.429. The fourth-order valence-electron chi connectivity index (χ4n) is 1.90. The first-order valence-corrected chi connectivity index (χ1v) is 7.00. The summed E-state index contributed by atoms with van der Waals surface area (Å²) < 4.78 is 7.54. The minimum Gasteiger partial charge on any atom is -0.486 e. The quantitative estimate of drug-likeness (QED) is 0.890. The lowest BCUT2D eigenvalue weighted by Gasteiger charge is -2.08. The van der Waals surface area contributed by atoms with Crippen molar-refractivity contribution >= 4 is 11.6 Å². The van der Waals surface area contributed by atoms with Gasteiger partial charge in [0.1, 0.15) is 12.4 Å². The normalized spacial score (nSPS) is 10.8. The van der Waals surface area contributed by atoms with E-state index in [0.717, 1.165) is 24.4 Å². The van der Waals surface area contributed by atoms with Crippen LogP contribution in [0.15, 0.2) is 18.3 Å². The Kier molecular flexibility index (Phi) is 4.98. The third-order valence-corrected chi connectivity index (χ3v) is 3.47. The zero-order valence-corrected chi connectivity index (χ0v) is 12.4. The molecule has 0 bridgehead atoms. The van der Waals surface area contributed by atoms with Crippen LogP contribution in [0.3, 0.4) is 0 Å². The number of hydrogen-bond donors (Lipinski definition) is 1. The monoisotopic (exact) mass is 295 g/mol. The number of pyridine rings is 1. The van der Waals surface area contributed by atoms with E-state index in [9.17, 15) is 0 Å². The highest BCUT2D eigenvalue weighted by molar-refractivity contribution is 6.31. The molecule has 108 valence electrons. The van der Waals surface area contributed by atoms with Gasteiger partial charge in [0.2, 0.25) is 0 Å². The molecular weight excluding hydrogens is 278 g/mol. The van der Waals surface area contributed by atoms with Gasteiger partial charge in [-0.25, -0.2) is 0 Å². The predicted molar refractivity (Wildman–Crippen MR) is 76.8 cm³/mol. The Morgan fingerprint density at radius 2 is 2.15 bits per heavy atom. The van der Waals surface area contributed by atoms with Crippen LogP contribution >= 0.6 is 11.6 Å². The number of aliphatic hydroxyl groups is 1. The second kappa shape index (κ2) is 6.72. The SMILES string of the molecule is CCc1nn(CC)c(COc2ccc(CO)nc2)c1Cl. The first-order valence-electron chi connectivity index (χ1n) is 6.62. The number of hydrogen-bond acceptors (Lipinski definition) is 4. The molecule has 2 heterocycles. The lowest BCUT2D eigenvalue weighted by molar-refractivity contribution is 0.274. The smallest absolute Gasteiger partial charge is 0.138 e. The molecule has 20 heavy (non-hydrogen) atoms. The molecule has 6 heteroatoms. The van der Waals surface area contributed by atoms with E-state index in [1.807, 2.05) is 18.5 Å². The molecule has 1 N–H and O–H groups in total. The highest BCUT2D eigenvalue weighted by Gasteiger charge is 2.14. The van der Waals surface area contributed by atoms with Crippen molar-refractivity contribution < 1.29 is 9.84 Å². The van der Waals surface area contributed by atoms with Crippen molar-refractivity contribution in [1.82, 2.24) is 14.8 Å². The third-order valence-electron chi connectivity index (χ3n) is 3.03. The minimum absolute atomic E-state index is 0.0748. The Morgan fingerprint density at radius 1 is 1.35 bits per heavy atom. The third kappa shape index (κ3) is 3.11. The zero-order valence-electron chi connectivity index (χ0n) is 11.6. The van der Waals surface area contributed by atoms with Gasteiger partial charge in [0.15, 0.2) is 0 Å². The Morgan fingerprint density at radius 3 is 2.70 bits per heavy atom. The van der Waals surface area contributed by atoms with E-state index in [4.69, 9.17) is 21.4 Å². The molecule has 0 aromatic carbocycles. The molecule has 0 saturated carbocycles. The summed E-state index contributed by atoms with van der Waals surface area (Å²) in [6.07, 6.45) is 2.39. The molecule has 0 aliphatic carbocycles. The van der Waals surface area contributed by atoms with Gasteiger partial charge < -0.3 is 9.84 Å². The van der Waals surface area contributed by atoms with Crippen molar-refractivity contribution in [2.45, 2.75) is 40.0 Å². The summed E-state index contributed by atoms with van der Waals surface area (Å²) in [5, 5.41) is 14.1. The van der Waals surface area contributed by atoms with Crippen LogP contribution in [0, 0.1) is 0 Å². The van der Waals surface area contributed by atoms with E-state index in [-0.39, 0.29) is 6.61 Å². The summed E-state index contributed by atoms with van der Waals surface area (Å²) >= 11 is 6.31. The van der Waals surface area contributed by atoms with Gasteiger partial charge in [0.05, 0.1) is 34.9 Å². The van der Waals surface area contributed by atoms with Crippen molar-refractivity contribution in [1.29, 1.82) is 0 Å². The molecule has 0 unspecified atom stereocenters. The summed E-state index contributed by atoms with van der Waals surface area (Å²) in [7, 11) is 0. The van der Waals surface area contributed by atoms with E-state index >= 15 is 0 Å². The van der Waals surface area contributed by atoms with Crippen LogP contribution in [-0.4, -0.2) is 19.9 Å². The van der Waals surface area contributed by atoms with E-state index < -0.39 is 0 Å². The molecule has 2 aromatic rings. The maximum Gasteiger partial charge on any atom is 0.138 e. The number of aryl methyl sites for hydroxylation is 2. The largest absolute Gasteiger partial charge is 0.486 e. The summed E-state index contributed by atoms with van der Waals surface area (Å²) in [5.74, 6) is 0.639. The Hall–Kier alpha value is -1.59. The summed E-state index contributed by atoms with van der Waals surface area (Å²) in [6.45, 7) is 5.06. The van der Waals surface area contributed by atoms with Gasteiger partial charge in [-0.1, -0.05) is 18.5 Å². The number of aromatic nitrogens is 3. The van der Waals surface area contributed by atoms with Gasteiger partial charge in [0, 0.05) is 6.54 Å². The highest BCUT2D eigenvalue weighted by Crippen LogP contribution is 2.23. The number of nitrogens with zero attached hydrogens (tertiary/aromatic N) is 3. The molecule has 2 aromatic heterocycles. The van der Waals surface area contributed by atoms with Gasteiger partial charge in [-0.3, -0.25) is 9.67 Å². The summed E-state index contributed by atoms with van der Waals surface area (Å²) in [5.41, 5.74) is 2.38. The topological polar surface area (TPSA) is 60.2 Å². The van der Waals surface area contributed by atoms with Gasteiger partial charge in [-0.2, -0.15) is 5.10 Å². The van der Waals surface area contributed by atoms with Gasteiger partial charge in [-0.05, 0) is 25.5 Å². The van der Waals surface area contributed by atoms with Crippen LogP contribution < -0.4 is 4.74 Å². The summed E-state index contributed by atoms with van der Waals surface area (Å²) in [6, 6.07) is 3.51. The van der Waals surface area contributed by atoms with Crippen molar-refractivity contribution in [3.05, 3.63) is 40.4 Å². The van der Waals surface area contributed by atoms with Crippen LogP contribution in [0.2, 0.25) is 5.02 Å². The Labute approximate surface area is 123 Å². The molecule has 2 rings (SSSR count). The highest BCUT2D eigenvalue weighted by atomic mass is 35.5. The fourth-order valence-corrected chi connectivity index (χ4v) is 2.22. The number of aliphatic hydroxyl groups excluding tert-OH is 1. The van der Waals surface area contributed by atoms with E-state index in [1.165, 1.54) is 0 Å².